The molecule has 36 heavy (non-hydrogen) atoms. The molecule has 4 aromatic rings. The van der Waals surface area contributed by atoms with Crippen LogP contribution < -0.4 is 4.74 Å². The average molecular weight is 508 g/mol. The number of carbonyl (C=O) groups excluding carboxylic acids is 1. The summed E-state index contributed by atoms with van der Waals surface area (Å²) >= 11 is 6.31. The quantitative estimate of drug-likeness (QED) is 0.375. The third-order valence-corrected chi connectivity index (χ3v) is 6.61. The fraction of sp³-hybridized carbons (Fsp3) is 0.222. The van der Waals surface area contributed by atoms with Gasteiger partial charge in [-0.3, -0.25) is 9.48 Å². The van der Waals surface area contributed by atoms with Gasteiger partial charge in [0.2, 0.25) is 5.91 Å². The Morgan fingerprint density at radius 1 is 1.14 bits per heavy atom. The molecule has 2 heterocycles. The number of carboxylic acids is 1. The monoisotopic (exact) mass is 507 g/mol. The zero-order valence-electron chi connectivity index (χ0n) is 19.4. The molecule has 1 amide bonds. The van der Waals surface area contributed by atoms with Gasteiger partial charge < -0.3 is 14.7 Å². The number of carbonyl (C=O) groups is 2. The molecule has 0 fully saturated rings. The number of ether oxygens (including phenoxy) is 1. The van der Waals surface area contributed by atoms with E-state index in [1.807, 2.05) is 24.3 Å². The summed E-state index contributed by atoms with van der Waals surface area (Å²) in [5, 5.41) is 14.5. The van der Waals surface area contributed by atoms with Crippen LogP contribution >= 0.6 is 11.6 Å². The van der Waals surface area contributed by atoms with E-state index in [4.69, 9.17) is 21.4 Å². The number of halogens is 2. The molecule has 0 bridgehead atoms. The lowest BCUT2D eigenvalue weighted by molar-refractivity contribution is -0.139. The molecule has 0 spiro atoms. The van der Waals surface area contributed by atoms with Crippen molar-refractivity contribution in [2.75, 3.05) is 6.61 Å². The lowest BCUT2D eigenvalue weighted by atomic mass is 9.97. The number of aryl methyl sites for hydroxylation is 2. The van der Waals surface area contributed by atoms with E-state index < -0.39 is 18.6 Å². The first-order chi connectivity index (χ1) is 17.3. The van der Waals surface area contributed by atoms with Crippen LogP contribution in [0.3, 0.4) is 0 Å². The molecule has 184 valence electrons. The summed E-state index contributed by atoms with van der Waals surface area (Å²) in [7, 11) is 0. The Kier molecular flexibility index (Phi) is 6.36. The Morgan fingerprint density at radius 3 is 2.75 bits per heavy atom. The van der Waals surface area contributed by atoms with Crippen molar-refractivity contribution >= 4 is 34.4 Å². The van der Waals surface area contributed by atoms with Gasteiger partial charge in [-0.25, -0.2) is 9.18 Å². The smallest absolute Gasteiger partial charge is 0.341 e. The molecule has 1 atom stereocenters. The van der Waals surface area contributed by atoms with Gasteiger partial charge in [0.05, 0.1) is 29.2 Å². The van der Waals surface area contributed by atoms with Crippen molar-refractivity contribution in [2.45, 2.75) is 32.5 Å². The molecule has 0 saturated carbocycles. The molecule has 1 aromatic heterocycles. The fourth-order valence-corrected chi connectivity index (χ4v) is 5.03. The van der Waals surface area contributed by atoms with Crippen LogP contribution in [0.5, 0.6) is 5.75 Å². The predicted molar refractivity (Wildman–Crippen MR) is 132 cm³/mol. The summed E-state index contributed by atoms with van der Waals surface area (Å²) in [6.45, 7) is 1.90. The minimum Gasteiger partial charge on any atom is -0.482 e. The van der Waals surface area contributed by atoms with Crippen LogP contribution in [0.25, 0.3) is 10.9 Å². The van der Waals surface area contributed by atoms with Crippen LogP contribution in [0.2, 0.25) is 5.02 Å². The van der Waals surface area contributed by atoms with Crippen LogP contribution in [0.4, 0.5) is 4.39 Å². The first-order valence-corrected chi connectivity index (χ1v) is 11.8. The molecule has 1 aliphatic heterocycles. The second-order valence-electron chi connectivity index (χ2n) is 8.68. The summed E-state index contributed by atoms with van der Waals surface area (Å²) in [6, 6.07) is 17.0. The number of rotatable bonds is 7. The maximum Gasteiger partial charge on any atom is 0.341 e. The van der Waals surface area contributed by atoms with Gasteiger partial charge in [-0.15, -0.1) is 0 Å². The summed E-state index contributed by atoms with van der Waals surface area (Å²) < 4.78 is 21.5. The number of benzene rings is 3. The zero-order valence-corrected chi connectivity index (χ0v) is 20.2. The van der Waals surface area contributed by atoms with Crippen molar-refractivity contribution < 1.29 is 23.8 Å². The highest BCUT2D eigenvalue weighted by Crippen LogP contribution is 2.43. The van der Waals surface area contributed by atoms with Crippen LogP contribution in [0.1, 0.15) is 34.8 Å². The fourth-order valence-electron chi connectivity index (χ4n) is 4.85. The number of amides is 1. The van der Waals surface area contributed by atoms with E-state index in [1.54, 1.807) is 46.8 Å². The van der Waals surface area contributed by atoms with E-state index >= 15 is 0 Å². The molecular formula is C27H23ClFN3O4. The molecular weight excluding hydrogens is 485 g/mol. The summed E-state index contributed by atoms with van der Waals surface area (Å²) in [4.78, 5) is 26.5. The molecule has 1 aliphatic rings. The van der Waals surface area contributed by atoms with E-state index in [0.29, 0.717) is 39.5 Å². The van der Waals surface area contributed by atoms with Crippen molar-refractivity contribution in [3.8, 4) is 5.75 Å². The van der Waals surface area contributed by atoms with Crippen molar-refractivity contribution in [1.29, 1.82) is 0 Å². The second kappa shape index (κ2) is 9.62. The molecule has 7 nitrogen and oxygen atoms in total. The number of aliphatic carboxylic acids is 1. The van der Waals surface area contributed by atoms with Crippen molar-refractivity contribution in [1.82, 2.24) is 14.7 Å². The molecule has 9 heteroatoms. The van der Waals surface area contributed by atoms with Crippen LogP contribution in [0, 0.1) is 12.7 Å². The lowest BCUT2D eigenvalue weighted by Crippen LogP contribution is -2.31. The third kappa shape index (κ3) is 4.40. The van der Waals surface area contributed by atoms with Gasteiger partial charge in [0.15, 0.2) is 6.61 Å². The van der Waals surface area contributed by atoms with Crippen molar-refractivity contribution in [3.05, 3.63) is 93.9 Å². The van der Waals surface area contributed by atoms with E-state index in [0.717, 1.165) is 11.1 Å². The van der Waals surface area contributed by atoms with Gasteiger partial charge >= 0.3 is 5.97 Å². The number of fused-ring (bicyclic) bond motifs is 2. The number of nitrogens with zero attached hydrogens (tertiary/aromatic N) is 3. The van der Waals surface area contributed by atoms with Gasteiger partial charge in [0.1, 0.15) is 11.6 Å². The van der Waals surface area contributed by atoms with E-state index in [1.165, 1.54) is 6.07 Å². The normalized spacial score (nSPS) is 14.8. The zero-order chi connectivity index (χ0) is 25.4. The Bertz CT molecular complexity index is 1490. The molecule has 1 unspecified atom stereocenters. The van der Waals surface area contributed by atoms with E-state index in [2.05, 4.69) is 5.10 Å². The standard InChI is InChI=1S/C27H23ClFN3O4/c1-16-26-21(29)7-4-8-22(26)32(30-16)12-11-24(33)31-14-17-5-2-3-6-19(17)27(31)20-13-18(28)9-10-23(20)36-15-25(34)35/h2-10,13,27H,11-12,14-15H2,1H3,(H,34,35). The van der Waals surface area contributed by atoms with E-state index in [9.17, 15) is 14.0 Å². The second-order valence-corrected chi connectivity index (χ2v) is 9.12. The minimum absolute atomic E-state index is 0.127. The number of carboxylic acid groups (broad SMARTS) is 1. The van der Waals surface area contributed by atoms with Gasteiger partial charge in [-0.1, -0.05) is 41.9 Å². The van der Waals surface area contributed by atoms with Crippen molar-refractivity contribution in [3.63, 3.8) is 0 Å². The summed E-state index contributed by atoms with van der Waals surface area (Å²) in [6.07, 6.45) is 0.142. The number of aromatic nitrogens is 2. The Balaban J connectivity index is 1.46. The van der Waals surface area contributed by atoms with Crippen LogP contribution in [-0.4, -0.2) is 38.3 Å². The summed E-state index contributed by atoms with van der Waals surface area (Å²) in [5.41, 5.74) is 3.74. The topological polar surface area (TPSA) is 84.7 Å². The Morgan fingerprint density at radius 2 is 1.94 bits per heavy atom. The first-order valence-electron chi connectivity index (χ1n) is 11.5. The molecule has 0 saturated heterocycles. The van der Waals surface area contributed by atoms with Gasteiger partial charge in [0.25, 0.3) is 0 Å². The largest absolute Gasteiger partial charge is 0.482 e. The lowest BCUT2D eigenvalue weighted by Gasteiger charge is -2.27. The SMILES string of the molecule is Cc1nn(CCC(=O)N2Cc3ccccc3C2c2cc(Cl)ccc2OCC(=O)O)c2cccc(F)c12. The number of hydrogen-bond donors (Lipinski definition) is 1. The van der Waals surface area contributed by atoms with Crippen molar-refractivity contribution in [2.24, 2.45) is 0 Å². The molecule has 5 rings (SSSR count). The first kappa shape index (κ1) is 23.8. The minimum atomic E-state index is -1.10. The molecule has 3 aromatic carbocycles. The molecule has 1 N–H and O–H groups in total. The number of hydrogen-bond acceptors (Lipinski definition) is 4. The molecule has 0 aliphatic carbocycles. The van der Waals surface area contributed by atoms with Gasteiger partial charge in [0, 0.05) is 23.6 Å². The maximum atomic E-state index is 14.3. The summed E-state index contributed by atoms with van der Waals surface area (Å²) in [5.74, 6) is -1.22. The highest BCUT2D eigenvalue weighted by molar-refractivity contribution is 6.30. The maximum absolute atomic E-state index is 14.3. The highest BCUT2D eigenvalue weighted by atomic mass is 35.5. The predicted octanol–water partition coefficient (Wildman–Crippen LogP) is 5.12. The molecule has 0 radical (unpaired) electrons. The Labute approximate surface area is 211 Å². The van der Waals surface area contributed by atoms with E-state index in [-0.39, 0.29) is 24.7 Å². The Hall–Kier alpha value is -3.91. The van der Waals surface area contributed by atoms with Crippen LogP contribution in [-0.2, 0) is 22.7 Å². The highest BCUT2D eigenvalue weighted by Gasteiger charge is 2.36. The van der Waals surface area contributed by atoms with Crippen LogP contribution in [0.15, 0.2) is 60.7 Å². The van der Waals surface area contributed by atoms with Gasteiger partial charge in [-0.05, 0) is 48.4 Å². The average Bonchev–Trinajstić information content (AvgIpc) is 3.40. The third-order valence-electron chi connectivity index (χ3n) is 6.38. The van der Waals surface area contributed by atoms with Gasteiger partial charge in [-0.2, -0.15) is 5.10 Å².